The van der Waals surface area contributed by atoms with E-state index in [0.717, 1.165) is 0 Å². The highest BCUT2D eigenvalue weighted by Gasteiger charge is 2.12. The number of anilines is 1. The van der Waals surface area contributed by atoms with Crippen molar-refractivity contribution in [2.45, 2.75) is 0 Å². The second-order valence-electron chi connectivity index (χ2n) is 3.56. The number of hydrogen-bond acceptors (Lipinski definition) is 1. The lowest BCUT2D eigenvalue weighted by Crippen LogP contribution is -2.12. The van der Waals surface area contributed by atoms with Crippen LogP contribution in [0.2, 0.25) is 10.0 Å². The van der Waals surface area contributed by atoms with Gasteiger partial charge in [-0.2, -0.15) is 0 Å². The second-order valence-corrected chi connectivity index (χ2v) is 4.35. The summed E-state index contributed by atoms with van der Waals surface area (Å²) >= 11 is 11.7. The number of amides is 1. The molecule has 2 aromatic carbocycles. The Morgan fingerprint density at radius 3 is 2.39 bits per heavy atom. The van der Waals surface area contributed by atoms with Crippen molar-refractivity contribution in [3.63, 3.8) is 0 Å². The van der Waals surface area contributed by atoms with Gasteiger partial charge in [0, 0.05) is 5.69 Å². The Morgan fingerprint density at radius 2 is 1.72 bits per heavy atom. The molecule has 0 atom stereocenters. The Kier molecular flexibility index (Phi) is 3.84. The van der Waals surface area contributed by atoms with Gasteiger partial charge >= 0.3 is 0 Å². The third-order valence-electron chi connectivity index (χ3n) is 2.30. The maximum Gasteiger partial charge on any atom is 0.257 e. The number of carbonyl (C=O) groups is 1. The van der Waals surface area contributed by atoms with Crippen LogP contribution in [0.15, 0.2) is 42.5 Å². The molecule has 0 bridgehead atoms. The van der Waals surface area contributed by atoms with Gasteiger partial charge in [0.15, 0.2) is 0 Å². The zero-order valence-corrected chi connectivity index (χ0v) is 10.6. The highest BCUT2D eigenvalue weighted by molar-refractivity contribution is 6.44. The van der Waals surface area contributed by atoms with Crippen molar-refractivity contribution in [2.75, 3.05) is 5.32 Å². The number of rotatable bonds is 2. The lowest BCUT2D eigenvalue weighted by atomic mass is 10.2. The van der Waals surface area contributed by atoms with Crippen LogP contribution in [0.4, 0.5) is 10.1 Å². The minimum Gasteiger partial charge on any atom is -0.322 e. The van der Waals surface area contributed by atoms with Crippen LogP contribution in [0, 0.1) is 5.82 Å². The first-order valence-electron chi connectivity index (χ1n) is 5.09. The molecule has 0 fully saturated rings. The predicted molar refractivity (Wildman–Crippen MR) is 70.8 cm³/mol. The lowest BCUT2D eigenvalue weighted by molar-refractivity contribution is 0.102. The summed E-state index contributed by atoms with van der Waals surface area (Å²) in [6, 6.07) is 10.2. The molecule has 1 amide bonds. The fourth-order valence-corrected chi connectivity index (χ4v) is 1.80. The third-order valence-corrected chi connectivity index (χ3v) is 3.12. The molecule has 0 saturated heterocycles. The average molecular weight is 284 g/mol. The summed E-state index contributed by atoms with van der Waals surface area (Å²) in [5.74, 6) is -0.761. The molecule has 2 nitrogen and oxygen atoms in total. The molecule has 18 heavy (non-hydrogen) atoms. The van der Waals surface area contributed by atoms with Crippen molar-refractivity contribution in [3.05, 3.63) is 63.9 Å². The van der Waals surface area contributed by atoms with Gasteiger partial charge in [-0.15, -0.1) is 0 Å². The molecule has 92 valence electrons. The molecule has 1 N–H and O–H groups in total. The molecule has 0 aliphatic heterocycles. The van der Waals surface area contributed by atoms with E-state index in [1.165, 1.54) is 24.3 Å². The molecule has 0 spiro atoms. The maximum atomic E-state index is 12.7. The first kappa shape index (κ1) is 12.9. The van der Waals surface area contributed by atoms with Crippen LogP contribution >= 0.6 is 23.2 Å². The van der Waals surface area contributed by atoms with E-state index in [1.54, 1.807) is 18.2 Å². The largest absolute Gasteiger partial charge is 0.322 e. The minimum atomic E-state index is -0.394. The number of hydrogen-bond donors (Lipinski definition) is 1. The van der Waals surface area contributed by atoms with Gasteiger partial charge < -0.3 is 5.32 Å². The quantitative estimate of drug-likeness (QED) is 0.870. The SMILES string of the molecule is O=C(Nc1ccc(F)cc1)c1cccc(Cl)c1Cl. The molecule has 0 unspecified atom stereocenters. The normalized spacial score (nSPS) is 10.2. The standard InChI is InChI=1S/C13H8Cl2FNO/c14-11-3-1-2-10(12(11)15)13(18)17-9-6-4-8(16)5-7-9/h1-7H,(H,17,18). The number of benzene rings is 2. The lowest BCUT2D eigenvalue weighted by Gasteiger charge is -2.07. The van der Waals surface area contributed by atoms with Crippen LogP contribution in [0.25, 0.3) is 0 Å². The van der Waals surface area contributed by atoms with Gasteiger partial charge in [0.25, 0.3) is 5.91 Å². The Hall–Kier alpha value is -1.58. The summed E-state index contributed by atoms with van der Waals surface area (Å²) < 4.78 is 12.7. The van der Waals surface area contributed by atoms with Crippen molar-refractivity contribution >= 4 is 34.8 Å². The summed E-state index contributed by atoms with van der Waals surface area (Å²) in [6.07, 6.45) is 0. The van der Waals surface area contributed by atoms with E-state index >= 15 is 0 Å². The van der Waals surface area contributed by atoms with Gasteiger partial charge in [-0.25, -0.2) is 4.39 Å². The Labute approximate surface area is 113 Å². The zero-order valence-electron chi connectivity index (χ0n) is 9.08. The van der Waals surface area contributed by atoms with Crippen LogP contribution in [0.3, 0.4) is 0 Å². The summed E-state index contributed by atoms with van der Waals surface area (Å²) in [5.41, 5.74) is 0.755. The van der Waals surface area contributed by atoms with Crippen molar-refractivity contribution in [1.82, 2.24) is 0 Å². The average Bonchev–Trinajstić information content (AvgIpc) is 2.35. The van der Waals surface area contributed by atoms with Crippen LogP contribution in [-0.2, 0) is 0 Å². The molecular weight excluding hydrogens is 276 g/mol. The van der Waals surface area contributed by atoms with Crippen LogP contribution < -0.4 is 5.32 Å². The monoisotopic (exact) mass is 283 g/mol. The third kappa shape index (κ3) is 2.81. The van der Waals surface area contributed by atoms with Crippen LogP contribution in [0.1, 0.15) is 10.4 Å². The molecule has 2 rings (SSSR count). The molecule has 0 aliphatic carbocycles. The van der Waals surface area contributed by atoms with Crippen molar-refractivity contribution in [2.24, 2.45) is 0 Å². The number of halogens is 3. The molecule has 0 heterocycles. The van der Waals surface area contributed by atoms with Crippen LogP contribution in [0.5, 0.6) is 0 Å². The summed E-state index contributed by atoms with van der Waals surface area (Å²) in [4.78, 5) is 11.9. The van der Waals surface area contributed by atoms with E-state index in [1.807, 2.05) is 0 Å². The predicted octanol–water partition coefficient (Wildman–Crippen LogP) is 4.38. The first-order chi connectivity index (χ1) is 8.58. The van der Waals surface area contributed by atoms with E-state index in [4.69, 9.17) is 23.2 Å². The second kappa shape index (κ2) is 5.38. The van der Waals surface area contributed by atoms with E-state index in [9.17, 15) is 9.18 Å². The summed E-state index contributed by atoms with van der Waals surface area (Å²) in [6.45, 7) is 0. The number of carbonyl (C=O) groups excluding carboxylic acids is 1. The number of nitrogens with one attached hydrogen (secondary N) is 1. The Morgan fingerprint density at radius 1 is 1.06 bits per heavy atom. The van der Waals surface area contributed by atoms with Gasteiger partial charge in [-0.1, -0.05) is 29.3 Å². The van der Waals surface area contributed by atoms with Crippen LogP contribution in [-0.4, -0.2) is 5.91 Å². The highest BCUT2D eigenvalue weighted by atomic mass is 35.5. The van der Waals surface area contributed by atoms with E-state index in [0.29, 0.717) is 10.7 Å². The molecule has 0 radical (unpaired) electrons. The van der Waals surface area contributed by atoms with E-state index < -0.39 is 5.91 Å². The maximum absolute atomic E-state index is 12.7. The van der Waals surface area contributed by atoms with Crippen molar-refractivity contribution in [1.29, 1.82) is 0 Å². The Bertz CT molecular complexity index is 584. The highest BCUT2D eigenvalue weighted by Crippen LogP contribution is 2.26. The smallest absolute Gasteiger partial charge is 0.257 e. The van der Waals surface area contributed by atoms with E-state index in [-0.39, 0.29) is 16.4 Å². The van der Waals surface area contributed by atoms with Gasteiger partial charge in [-0.3, -0.25) is 4.79 Å². The summed E-state index contributed by atoms with van der Waals surface area (Å²) in [5, 5.41) is 3.11. The molecule has 2 aromatic rings. The minimum absolute atomic E-state index is 0.193. The molecule has 0 saturated carbocycles. The van der Waals surface area contributed by atoms with Crippen molar-refractivity contribution < 1.29 is 9.18 Å². The van der Waals surface area contributed by atoms with Gasteiger partial charge in [0.1, 0.15) is 5.82 Å². The topological polar surface area (TPSA) is 29.1 Å². The fraction of sp³-hybridized carbons (Fsp3) is 0. The fourth-order valence-electron chi connectivity index (χ4n) is 1.41. The van der Waals surface area contributed by atoms with E-state index in [2.05, 4.69) is 5.32 Å². The molecular formula is C13H8Cl2FNO. The first-order valence-corrected chi connectivity index (χ1v) is 5.84. The molecule has 0 aromatic heterocycles. The van der Waals surface area contributed by atoms with Crippen molar-refractivity contribution in [3.8, 4) is 0 Å². The Balaban J connectivity index is 2.22. The van der Waals surface area contributed by atoms with Gasteiger partial charge in [0.05, 0.1) is 15.6 Å². The van der Waals surface area contributed by atoms with Gasteiger partial charge in [-0.05, 0) is 36.4 Å². The molecule has 0 aliphatic rings. The molecule has 5 heteroatoms. The summed E-state index contributed by atoms with van der Waals surface area (Å²) in [7, 11) is 0. The van der Waals surface area contributed by atoms with Gasteiger partial charge in [0.2, 0.25) is 0 Å². The zero-order chi connectivity index (χ0) is 13.1.